The first-order chi connectivity index (χ1) is 8.91. The van der Waals surface area contributed by atoms with Crippen LogP contribution >= 0.6 is 0 Å². The Hall–Kier alpha value is -1.91. The average molecular weight is 266 g/mol. The van der Waals surface area contributed by atoms with Gasteiger partial charge in [-0.05, 0) is 31.4 Å². The Kier molecular flexibility index (Phi) is 4.64. The smallest absolute Gasteiger partial charge is 0.323 e. The van der Waals surface area contributed by atoms with Crippen LogP contribution in [-0.2, 0) is 23.9 Å². The third-order valence-electron chi connectivity index (χ3n) is 3.15. The molecular formula is C14H18O5. The minimum Gasteiger partial charge on any atom is -0.468 e. The number of allylic oxidation sites excluding steroid dienone is 4. The zero-order valence-corrected chi connectivity index (χ0v) is 11.6. The van der Waals surface area contributed by atoms with Gasteiger partial charge in [0.25, 0.3) is 0 Å². The van der Waals surface area contributed by atoms with Crippen molar-refractivity contribution in [3.8, 4) is 0 Å². The summed E-state index contributed by atoms with van der Waals surface area (Å²) in [6.45, 7) is 3.76. The third kappa shape index (κ3) is 2.75. The van der Waals surface area contributed by atoms with Crippen molar-refractivity contribution in [2.45, 2.75) is 26.7 Å². The quantitative estimate of drug-likeness (QED) is 0.439. The van der Waals surface area contributed by atoms with Crippen LogP contribution in [0.3, 0.4) is 0 Å². The highest BCUT2D eigenvalue weighted by Gasteiger charge is 2.53. The molecule has 5 nitrogen and oxygen atoms in total. The van der Waals surface area contributed by atoms with E-state index >= 15 is 0 Å². The average Bonchev–Trinajstić information content (AvgIpc) is 2.75. The maximum atomic E-state index is 11.9. The fourth-order valence-electron chi connectivity index (χ4n) is 2.31. The molecule has 1 aliphatic rings. The van der Waals surface area contributed by atoms with Crippen molar-refractivity contribution in [1.82, 2.24) is 0 Å². The van der Waals surface area contributed by atoms with Gasteiger partial charge in [-0.25, -0.2) is 0 Å². The number of rotatable bonds is 4. The summed E-state index contributed by atoms with van der Waals surface area (Å²) in [5.41, 5.74) is 0.684. The molecule has 0 aliphatic heterocycles. The molecule has 0 heterocycles. The second-order valence-corrected chi connectivity index (χ2v) is 4.81. The van der Waals surface area contributed by atoms with Gasteiger partial charge in [0, 0.05) is 6.42 Å². The van der Waals surface area contributed by atoms with Gasteiger partial charge >= 0.3 is 11.9 Å². The molecule has 19 heavy (non-hydrogen) atoms. The van der Waals surface area contributed by atoms with Gasteiger partial charge in [0.05, 0.1) is 14.2 Å². The Morgan fingerprint density at radius 3 is 1.89 bits per heavy atom. The Labute approximate surface area is 112 Å². The molecule has 104 valence electrons. The molecule has 0 atom stereocenters. The lowest BCUT2D eigenvalue weighted by Crippen LogP contribution is -2.39. The summed E-state index contributed by atoms with van der Waals surface area (Å²) in [5.74, 6) is -1.34. The van der Waals surface area contributed by atoms with Gasteiger partial charge in [-0.1, -0.05) is 11.6 Å². The van der Waals surface area contributed by atoms with Gasteiger partial charge in [0.2, 0.25) is 0 Å². The summed E-state index contributed by atoms with van der Waals surface area (Å²) in [5, 5.41) is 0. The van der Waals surface area contributed by atoms with Crippen LogP contribution in [0.15, 0.2) is 22.8 Å². The zero-order valence-electron chi connectivity index (χ0n) is 11.6. The maximum absolute atomic E-state index is 11.9. The third-order valence-corrected chi connectivity index (χ3v) is 3.15. The first-order valence-electron chi connectivity index (χ1n) is 5.90. The fraction of sp³-hybridized carbons (Fsp3) is 0.500. The van der Waals surface area contributed by atoms with E-state index in [1.54, 1.807) is 6.08 Å². The first-order valence-corrected chi connectivity index (χ1v) is 5.90. The van der Waals surface area contributed by atoms with Crippen molar-refractivity contribution >= 4 is 18.2 Å². The van der Waals surface area contributed by atoms with Crippen LogP contribution in [-0.4, -0.2) is 32.4 Å². The van der Waals surface area contributed by atoms with Crippen LogP contribution in [0.2, 0.25) is 0 Å². The number of aldehydes is 1. The van der Waals surface area contributed by atoms with E-state index in [4.69, 9.17) is 9.47 Å². The number of methoxy groups -OCH3 is 2. The molecule has 5 heteroatoms. The lowest BCUT2D eigenvalue weighted by Gasteiger charge is -2.23. The molecule has 0 radical (unpaired) electrons. The molecule has 1 rings (SSSR count). The van der Waals surface area contributed by atoms with E-state index in [1.165, 1.54) is 14.2 Å². The summed E-state index contributed by atoms with van der Waals surface area (Å²) in [6.07, 6.45) is 2.64. The number of carbonyl (C=O) groups excluding carboxylic acids is 3. The number of carbonyl (C=O) groups is 3. The van der Waals surface area contributed by atoms with Gasteiger partial charge < -0.3 is 9.47 Å². The topological polar surface area (TPSA) is 69.7 Å². The van der Waals surface area contributed by atoms with Crippen LogP contribution < -0.4 is 0 Å². The molecule has 0 spiro atoms. The molecule has 0 aromatic rings. The van der Waals surface area contributed by atoms with Crippen molar-refractivity contribution in [1.29, 1.82) is 0 Å². The predicted octanol–water partition coefficient (Wildman–Crippen LogP) is 1.57. The second-order valence-electron chi connectivity index (χ2n) is 4.81. The summed E-state index contributed by atoms with van der Waals surface area (Å²) in [4.78, 5) is 35.0. The highest BCUT2D eigenvalue weighted by Crippen LogP contribution is 2.44. The van der Waals surface area contributed by atoms with Crippen molar-refractivity contribution in [2.75, 3.05) is 14.2 Å². The van der Waals surface area contributed by atoms with Gasteiger partial charge in [0.1, 0.15) is 6.29 Å². The van der Waals surface area contributed by atoms with E-state index in [0.29, 0.717) is 17.4 Å². The summed E-state index contributed by atoms with van der Waals surface area (Å²) in [6, 6.07) is 0. The monoisotopic (exact) mass is 266 g/mol. The molecule has 0 saturated heterocycles. The van der Waals surface area contributed by atoms with E-state index in [9.17, 15) is 14.4 Å². The van der Waals surface area contributed by atoms with Crippen LogP contribution in [0.4, 0.5) is 0 Å². The molecule has 0 saturated carbocycles. The molecule has 0 unspecified atom stereocenters. The highest BCUT2D eigenvalue weighted by atomic mass is 16.5. The van der Waals surface area contributed by atoms with Crippen LogP contribution in [0, 0.1) is 5.41 Å². The maximum Gasteiger partial charge on any atom is 0.323 e. The Morgan fingerprint density at radius 2 is 1.53 bits per heavy atom. The Balaban J connectivity index is 3.23. The van der Waals surface area contributed by atoms with E-state index in [2.05, 4.69) is 0 Å². The second kappa shape index (κ2) is 5.82. The van der Waals surface area contributed by atoms with Crippen LogP contribution in [0.25, 0.3) is 0 Å². The molecule has 0 amide bonds. The Bertz CT molecular complexity index is 450. The molecule has 0 aromatic carbocycles. The van der Waals surface area contributed by atoms with Crippen molar-refractivity contribution < 1.29 is 23.9 Å². The van der Waals surface area contributed by atoms with Gasteiger partial charge in [0.15, 0.2) is 5.41 Å². The van der Waals surface area contributed by atoms with Crippen molar-refractivity contribution in [3.05, 3.63) is 22.8 Å². The number of esters is 2. The van der Waals surface area contributed by atoms with Crippen LogP contribution in [0.5, 0.6) is 0 Å². The van der Waals surface area contributed by atoms with Crippen LogP contribution in [0.1, 0.15) is 26.7 Å². The molecule has 1 aliphatic carbocycles. The van der Waals surface area contributed by atoms with E-state index in [0.717, 1.165) is 5.57 Å². The standard InChI is InChI=1S/C14H18O5/c1-9(2)5-10-6-14(12(16)18-3,13(17)19-4)7-11(10)8-15/h5,8H,6-7H2,1-4H3. The minimum absolute atomic E-state index is 0.0228. The number of hydrogen-bond acceptors (Lipinski definition) is 5. The summed E-state index contributed by atoms with van der Waals surface area (Å²) in [7, 11) is 2.43. The zero-order chi connectivity index (χ0) is 14.6. The lowest BCUT2D eigenvalue weighted by molar-refractivity contribution is -0.168. The minimum atomic E-state index is -1.43. The number of ether oxygens (including phenoxy) is 2. The van der Waals surface area contributed by atoms with E-state index in [1.807, 2.05) is 13.8 Å². The molecule has 0 aromatic heterocycles. The summed E-state index contributed by atoms with van der Waals surface area (Å²) >= 11 is 0. The first kappa shape index (κ1) is 15.1. The SMILES string of the molecule is COC(=O)C1(C(=O)OC)CC(C=O)=C(C=C(C)C)C1. The van der Waals surface area contributed by atoms with Gasteiger partial charge in [-0.3, -0.25) is 14.4 Å². The normalized spacial score (nSPS) is 16.8. The lowest BCUT2D eigenvalue weighted by atomic mass is 9.83. The fourth-order valence-corrected chi connectivity index (χ4v) is 2.31. The molecule has 0 fully saturated rings. The van der Waals surface area contributed by atoms with E-state index < -0.39 is 17.4 Å². The number of hydrogen-bond donors (Lipinski definition) is 0. The van der Waals surface area contributed by atoms with Gasteiger partial charge in [-0.15, -0.1) is 0 Å². The molecular weight excluding hydrogens is 248 g/mol. The highest BCUT2D eigenvalue weighted by molar-refractivity contribution is 6.03. The van der Waals surface area contributed by atoms with Crippen molar-refractivity contribution in [3.63, 3.8) is 0 Å². The largest absolute Gasteiger partial charge is 0.468 e. The molecule has 0 N–H and O–H groups in total. The summed E-state index contributed by atoms with van der Waals surface area (Å²) < 4.78 is 9.41. The predicted molar refractivity (Wildman–Crippen MR) is 68.2 cm³/mol. The van der Waals surface area contributed by atoms with Gasteiger partial charge in [-0.2, -0.15) is 0 Å². The Morgan fingerprint density at radius 1 is 1.05 bits per heavy atom. The molecule has 0 bridgehead atoms. The van der Waals surface area contributed by atoms with Crippen molar-refractivity contribution in [2.24, 2.45) is 5.41 Å². The van der Waals surface area contributed by atoms with E-state index in [-0.39, 0.29) is 12.8 Å².